The van der Waals surface area contributed by atoms with Crippen molar-refractivity contribution in [2.45, 2.75) is 5.03 Å². The minimum Gasteiger partial charge on any atom is -0.369 e. The van der Waals surface area contributed by atoms with E-state index in [1.165, 1.54) is 18.9 Å². The lowest BCUT2D eigenvalue weighted by atomic mass is 10.4. The minimum atomic E-state index is -3.62. The van der Waals surface area contributed by atoms with Gasteiger partial charge in [-0.3, -0.25) is 0 Å². The highest BCUT2D eigenvalue weighted by atomic mass is 32.2. The molecule has 3 N–H and O–H groups in total. The Bertz CT molecular complexity index is 959. The van der Waals surface area contributed by atoms with Crippen LogP contribution in [0.25, 0.3) is 0 Å². The molecule has 0 atom stereocenters. The molecule has 0 aliphatic carbocycles. The van der Waals surface area contributed by atoms with Gasteiger partial charge >= 0.3 is 0 Å². The van der Waals surface area contributed by atoms with Crippen LogP contribution in [0.5, 0.6) is 0 Å². The molecule has 0 unspecified atom stereocenters. The van der Waals surface area contributed by atoms with Crippen molar-refractivity contribution in [1.82, 2.24) is 29.2 Å². The van der Waals surface area contributed by atoms with E-state index >= 15 is 0 Å². The van der Waals surface area contributed by atoms with Gasteiger partial charge in [-0.05, 0) is 12.1 Å². The van der Waals surface area contributed by atoms with Gasteiger partial charge in [0.1, 0.15) is 23.8 Å². The molecule has 0 bridgehead atoms. The average molecular weight is 374 g/mol. The van der Waals surface area contributed by atoms with Crippen LogP contribution in [0.1, 0.15) is 0 Å². The fraction of sp³-hybridized carbons (Fsp3) is 0.200. The summed E-state index contributed by atoms with van der Waals surface area (Å²) >= 11 is 0. The zero-order chi connectivity index (χ0) is 18.4. The smallest absolute Gasteiger partial charge is 0.259 e. The molecule has 10 nitrogen and oxygen atoms in total. The van der Waals surface area contributed by atoms with Crippen LogP contribution in [0.4, 0.5) is 17.5 Å². The Morgan fingerprint density at radius 1 is 1.04 bits per heavy atom. The summed E-state index contributed by atoms with van der Waals surface area (Å²) in [6.45, 7) is 0.540. The fourth-order valence-electron chi connectivity index (χ4n) is 2.07. The molecule has 0 fully saturated rings. The van der Waals surface area contributed by atoms with E-state index in [4.69, 9.17) is 0 Å². The number of pyridine rings is 1. The number of nitrogens with zero attached hydrogens (tertiary/aromatic N) is 5. The molecule has 11 heteroatoms. The first-order valence-corrected chi connectivity index (χ1v) is 9.23. The van der Waals surface area contributed by atoms with Crippen molar-refractivity contribution in [3.8, 4) is 0 Å². The van der Waals surface area contributed by atoms with Crippen LogP contribution in [0.2, 0.25) is 0 Å². The molecule has 0 saturated carbocycles. The molecular formula is C15H18N8O2S. The van der Waals surface area contributed by atoms with Crippen molar-refractivity contribution in [2.24, 2.45) is 7.05 Å². The van der Waals surface area contributed by atoms with E-state index in [-0.39, 0.29) is 11.6 Å². The number of imidazole rings is 1. The van der Waals surface area contributed by atoms with Gasteiger partial charge < -0.3 is 15.2 Å². The molecule has 26 heavy (non-hydrogen) atoms. The van der Waals surface area contributed by atoms with Gasteiger partial charge in [0.25, 0.3) is 10.0 Å². The normalized spacial score (nSPS) is 11.3. The van der Waals surface area contributed by atoms with Crippen molar-refractivity contribution in [1.29, 1.82) is 0 Å². The lowest BCUT2D eigenvalue weighted by Crippen LogP contribution is -2.29. The molecular weight excluding hydrogens is 356 g/mol. The van der Waals surface area contributed by atoms with Gasteiger partial charge in [0, 0.05) is 38.6 Å². The quantitative estimate of drug-likeness (QED) is 0.493. The molecule has 3 rings (SSSR count). The molecule has 0 spiro atoms. The van der Waals surface area contributed by atoms with Crippen molar-refractivity contribution in [3.63, 3.8) is 0 Å². The van der Waals surface area contributed by atoms with Crippen LogP contribution in [-0.2, 0) is 17.1 Å². The maximum Gasteiger partial charge on any atom is 0.259 e. The number of sulfonamides is 1. The number of anilines is 3. The molecule has 3 heterocycles. The SMILES string of the molecule is Cn1cnc(S(=O)(=O)NCCNc2cc(Nc3ccccn3)ncn2)c1. The molecule has 0 aliphatic heterocycles. The van der Waals surface area contributed by atoms with Gasteiger partial charge in [0.05, 0.1) is 6.33 Å². The number of hydrogen-bond donors (Lipinski definition) is 3. The summed E-state index contributed by atoms with van der Waals surface area (Å²) in [6.07, 6.45) is 5.96. The minimum absolute atomic E-state index is 0.0103. The number of nitrogens with one attached hydrogen (secondary N) is 3. The standard InChI is InChI=1S/C15H18N8O2S/c1-23-9-15(20-11-23)26(24,25)21-7-6-17-13-8-14(19-10-18-13)22-12-4-2-3-5-16-12/h2-5,8-11,21H,6-7H2,1H3,(H2,16,17,18,19,22). The molecule has 0 amide bonds. The zero-order valence-corrected chi connectivity index (χ0v) is 14.8. The molecule has 0 aromatic carbocycles. The van der Waals surface area contributed by atoms with Gasteiger partial charge in [-0.15, -0.1) is 0 Å². The van der Waals surface area contributed by atoms with Gasteiger partial charge in [0.2, 0.25) is 0 Å². The van der Waals surface area contributed by atoms with E-state index in [0.29, 0.717) is 24.0 Å². The average Bonchev–Trinajstić information content (AvgIpc) is 3.08. The van der Waals surface area contributed by atoms with Crippen molar-refractivity contribution in [3.05, 3.63) is 49.3 Å². The van der Waals surface area contributed by atoms with Crippen molar-refractivity contribution >= 4 is 27.5 Å². The van der Waals surface area contributed by atoms with Crippen LogP contribution >= 0.6 is 0 Å². The molecule has 3 aromatic rings. The highest BCUT2D eigenvalue weighted by Crippen LogP contribution is 2.13. The summed E-state index contributed by atoms with van der Waals surface area (Å²) in [5, 5.41) is 6.08. The van der Waals surface area contributed by atoms with Gasteiger partial charge in [-0.1, -0.05) is 6.07 Å². The zero-order valence-electron chi connectivity index (χ0n) is 14.0. The predicted octanol–water partition coefficient (Wildman–Crippen LogP) is 0.739. The number of rotatable bonds is 8. The first-order chi connectivity index (χ1) is 12.5. The van der Waals surface area contributed by atoms with Gasteiger partial charge in [-0.2, -0.15) is 0 Å². The lowest BCUT2D eigenvalue weighted by molar-refractivity contribution is 0.579. The molecule has 3 aromatic heterocycles. The van der Waals surface area contributed by atoms with Crippen LogP contribution in [0.3, 0.4) is 0 Å². The highest BCUT2D eigenvalue weighted by Gasteiger charge is 2.15. The summed E-state index contributed by atoms with van der Waals surface area (Å²) in [4.78, 5) is 16.2. The molecule has 136 valence electrons. The first-order valence-electron chi connectivity index (χ1n) is 7.74. The van der Waals surface area contributed by atoms with E-state index < -0.39 is 10.0 Å². The van der Waals surface area contributed by atoms with E-state index in [2.05, 4.69) is 35.3 Å². The third-order valence-corrected chi connectivity index (χ3v) is 4.61. The lowest BCUT2D eigenvalue weighted by Gasteiger charge is -2.08. The van der Waals surface area contributed by atoms with E-state index in [0.717, 1.165) is 0 Å². The Morgan fingerprint density at radius 2 is 1.88 bits per heavy atom. The van der Waals surface area contributed by atoms with Crippen LogP contribution in [-0.4, -0.2) is 46.0 Å². The second kappa shape index (κ2) is 7.89. The van der Waals surface area contributed by atoms with Crippen molar-refractivity contribution < 1.29 is 8.42 Å². The molecule has 0 radical (unpaired) electrons. The third kappa shape index (κ3) is 4.74. The first kappa shape index (κ1) is 17.8. The van der Waals surface area contributed by atoms with E-state index in [9.17, 15) is 8.42 Å². The summed E-state index contributed by atoms with van der Waals surface area (Å²) in [7, 11) is -1.91. The summed E-state index contributed by atoms with van der Waals surface area (Å²) < 4.78 is 28.2. The Balaban J connectivity index is 1.51. The highest BCUT2D eigenvalue weighted by molar-refractivity contribution is 7.89. The van der Waals surface area contributed by atoms with Crippen LogP contribution in [0, 0.1) is 0 Å². The number of aromatic nitrogens is 5. The number of hydrogen-bond acceptors (Lipinski definition) is 8. The second-order valence-electron chi connectivity index (χ2n) is 5.33. The fourth-order valence-corrected chi connectivity index (χ4v) is 3.08. The molecule has 0 aliphatic rings. The Morgan fingerprint density at radius 3 is 2.62 bits per heavy atom. The van der Waals surface area contributed by atoms with Crippen LogP contribution in [0.15, 0.2) is 54.3 Å². The maximum absolute atomic E-state index is 12.1. The summed E-state index contributed by atoms with van der Waals surface area (Å²) in [5.74, 6) is 1.81. The van der Waals surface area contributed by atoms with E-state index in [1.807, 2.05) is 18.2 Å². The molecule has 0 saturated heterocycles. The topological polar surface area (TPSA) is 127 Å². The summed E-state index contributed by atoms with van der Waals surface area (Å²) in [6, 6.07) is 7.22. The Kier molecular flexibility index (Phi) is 5.39. The predicted molar refractivity (Wildman–Crippen MR) is 96.4 cm³/mol. The largest absolute Gasteiger partial charge is 0.369 e. The Hall–Kier alpha value is -3.05. The van der Waals surface area contributed by atoms with Gasteiger partial charge in [-0.25, -0.2) is 33.1 Å². The van der Waals surface area contributed by atoms with Crippen molar-refractivity contribution in [2.75, 3.05) is 23.7 Å². The third-order valence-electron chi connectivity index (χ3n) is 3.27. The van der Waals surface area contributed by atoms with Gasteiger partial charge in [0.15, 0.2) is 5.03 Å². The summed E-state index contributed by atoms with van der Waals surface area (Å²) in [5.41, 5.74) is 0. The number of aryl methyl sites for hydroxylation is 1. The monoisotopic (exact) mass is 374 g/mol. The van der Waals surface area contributed by atoms with E-state index in [1.54, 1.807) is 23.9 Å². The Labute approximate surface area is 150 Å². The maximum atomic E-state index is 12.1. The van der Waals surface area contributed by atoms with Crippen LogP contribution < -0.4 is 15.4 Å². The second-order valence-corrected chi connectivity index (χ2v) is 7.04.